The average molecular weight is 260 g/mol. The van der Waals surface area contributed by atoms with Gasteiger partial charge in [0.15, 0.2) is 0 Å². The van der Waals surface area contributed by atoms with Crippen LogP contribution in [-0.2, 0) is 22.9 Å². The highest BCUT2D eigenvalue weighted by Crippen LogP contribution is 2.18. The van der Waals surface area contributed by atoms with Gasteiger partial charge < -0.3 is 5.32 Å². The van der Waals surface area contributed by atoms with E-state index in [1.165, 1.54) is 16.7 Å². The molecule has 2 aliphatic heterocycles. The minimum atomic E-state index is 0.584. The van der Waals surface area contributed by atoms with E-state index in [1.54, 1.807) is 5.23 Å². The van der Waals surface area contributed by atoms with Gasteiger partial charge in [0, 0.05) is 0 Å². The molecule has 0 aromatic heterocycles. The second-order valence-electron chi connectivity index (χ2n) is 4.94. The highest BCUT2D eigenvalue weighted by Gasteiger charge is 2.14. The third-order valence-electron chi connectivity index (χ3n) is 3.62. The molecule has 4 heteroatoms. The van der Waals surface area contributed by atoms with Gasteiger partial charge in [0.05, 0.1) is 19.8 Å². The fourth-order valence-corrected chi connectivity index (χ4v) is 2.42. The SMILES string of the molecule is C(CN1OCc2ccccc2CO1)=C1CCNCC1. The zero-order valence-electron chi connectivity index (χ0n) is 11.1. The molecule has 0 unspecified atom stereocenters. The molecule has 4 nitrogen and oxygen atoms in total. The molecule has 19 heavy (non-hydrogen) atoms. The first-order chi connectivity index (χ1) is 9.42. The maximum Gasteiger partial charge on any atom is 0.0966 e. The maximum absolute atomic E-state index is 5.67. The van der Waals surface area contributed by atoms with E-state index in [9.17, 15) is 0 Å². The molecule has 0 spiro atoms. The van der Waals surface area contributed by atoms with Gasteiger partial charge in [-0.25, -0.2) is 0 Å². The van der Waals surface area contributed by atoms with Gasteiger partial charge in [-0.2, -0.15) is 0 Å². The molecular weight excluding hydrogens is 240 g/mol. The van der Waals surface area contributed by atoms with Crippen molar-refractivity contribution in [1.82, 2.24) is 10.5 Å². The fraction of sp³-hybridized carbons (Fsp3) is 0.467. The molecule has 2 aliphatic rings. The third-order valence-corrected chi connectivity index (χ3v) is 3.62. The summed E-state index contributed by atoms with van der Waals surface area (Å²) in [6.45, 7) is 4.03. The molecule has 1 aromatic rings. The molecule has 0 saturated carbocycles. The van der Waals surface area contributed by atoms with Crippen molar-refractivity contribution >= 4 is 0 Å². The van der Waals surface area contributed by atoms with Crippen LogP contribution in [0.25, 0.3) is 0 Å². The first-order valence-electron chi connectivity index (χ1n) is 6.90. The first-order valence-corrected chi connectivity index (χ1v) is 6.90. The van der Waals surface area contributed by atoms with Gasteiger partial charge in [0.25, 0.3) is 0 Å². The number of piperidine rings is 1. The second-order valence-corrected chi connectivity index (χ2v) is 4.94. The summed E-state index contributed by atoms with van der Waals surface area (Å²) in [6.07, 6.45) is 4.50. The van der Waals surface area contributed by atoms with E-state index in [-0.39, 0.29) is 0 Å². The lowest BCUT2D eigenvalue weighted by Gasteiger charge is -2.19. The first kappa shape index (κ1) is 12.8. The van der Waals surface area contributed by atoms with Crippen LogP contribution in [0, 0.1) is 0 Å². The number of rotatable bonds is 2. The fourth-order valence-electron chi connectivity index (χ4n) is 2.42. The summed E-state index contributed by atoms with van der Waals surface area (Å²) in [7, 11) is 0. The van der Waals surface area contributed by atoms with E-state index in [0.717, 1.165) is 25.9 Å². The molecule has 1 fully saturated rings. The van der Waals surface area contributed by atoms with Gasteiger partial charge in [-0.05, 0) is 37.1 Å². The van der Waals surface area contributed by atoms with Crippen LogP contribution in [0.1, 0.15) is 24.0 Å². The third kappa shape index (κ3) is 3.42. The molecule has 0 atom stereocenters. The summed E-state index contributed by atoms with van der Waals surface area (Å²) in [5, 5.41) is 4.96. The summed E-state index contributed by atoms with van der Waals surface area (Å²) in [4.78, 5) is 11.3. The van der Waals surface area contributed by atoms with Crippen molar-refractivity contribution in [2.24, 2.45) is 0 Å². The Kier molecular flexibility index (Phi) is 4.25. The smallest absolute Gasteiger partial charge is 0.0966 e. The summed E-state index contributed by atoms with van der Waals surface area (Å²) >= 11 is 0. The van der Waals surface area contributed by atoms with Crippen molar-refractivity contribution in [1.29, 1.82) is 0 Å². The monoisotopic (exact) mass is 260 g/mol. The lowest BCUT2D eigenvalue weighted by atomic mass is 10.1. The van der Waals surface area contributed by atoms with Gasteiger partial charge >= 0.3 is 0 Å². The largest absolute Gasteiger partial charge is 0.316 e. The van der Waals surface area contributed by atoms with Crippen molar-refractivity contribution in [2.45, 2.75) is 26.1 Å². The Balaban J connectivity index is 1.56. The van der Waals surface area contributed by atoms with Gasteiger partial charge in [0.1, 0.15) is 0 Å². The lowest BCUT2D eigenvalue weighted by molar-refractivity contribution is -0.369. The molecule has 0 bridgehead atoms. The number of hydrogen-bond acceptors (Lipinski definition) is 4. The molecule has 1 saturated heterocycles. The summed E-state index contributed by atoms with van der Waals surface area (Å²) in [5.74, 6) is 0. The Morgan fingerprint density at radius 1 is 1.05 bits per heavy atom. The standard InChI is InChI=1S/C15H20N2O2/c1-2-4-15-12-19-17(18-11-14(15)3-1)10-7-13-5-8-16-9-6-13/h1-4,7,16H,5-6,8-12H2. The number of hydroxylamine groups is 2. The van der Waals surface area contributed by atoms with Crippen LogP contribution in [0.15, 0.2) is 35.9 Å². The van der Waals surface area contributed by atoms with Gasteiger partial charge in [-0.3, -0.25) is 9.68 Å². The Labute approximate surface area is 113 Å². The summed E-state index contributed by atoms with van der Waals surface area (Å²) in [5.41, 5.74) is 3.91. The quantitative estimate of drug-likeness (QED) is 0.826. The normalized spacial score (nSPS) is 20.7. The number of hydrogen-bond donors (Lipinski definition) is 1. The van der Waals surface area contributed by atoms with Crippen molar-refractivity contribution < 1.29 is 9.68 Å². The number of benzene rings is 1. The summed E-state index contributed by atoms with van der Waals surface area (Å²) in [6, 6.07) is 8.25. The Morgan fingerprint density at radius 3 is 2.32 bits per heavy atom. The molecule has 1 N–H and O–H groups in total. The van der Waals surface area contributed by atoms with Crippen molar-refractivity contribution in [3.8, 4) is 0 Å². The molecule has 0 radical (unpaired) electrons. The average Bonchev–Trinajstić information content (AvgIpc) is 2.69. The molecular formula is C15H20N2O2. The molecule has 1 aromatic carbocycles. The zero-order chi connectivity index (χ0) is 12.9. The second kappa shape index (κ2) is 6.30. The molecule has 2 heterocycles. The Hall–Kier alpha value is -1.20. The number of fused-ring (bicyclic) bond motifs is 1. The minimum Gasteiger partial charge on any atom is -0.316 e. The highest BCUT2D eigenvalue weighted by atomic mass is 16.9. The van der Waals surface area contributed by atoms with Gasteiger partial charge in [-0.15, -0.1) is 0 Å². The van der Waals surface area contributed by atoms with Crippen molar-refractivity contribution in [3.63, 3.8) is 0 Å². The van der Waals surface area contributed by atoms with Gasteiger partial charge in [-0.1, -0.05) is 41.1 Å². The van der Waals surface area contributed by atoms with E-state index in [2.05, 4.69) is 23.5 Å². The van der Waals surface area contributed by atoms with Crippen molar-refractivity contribution in [2.75, 3.05) is 19.6 Å². The molecule has 102 valence electrons. The van der Waals surface area contributed by atoms with E-state index in [1.807, 2.05) is 12.1 Å². The summed E-state index contributed by atoms with van der Waals surface area (Å²) < 4.78 is 0. The number of nitrogens with one attached hydrogen (secondary N) is 1. The Bertz CT molecular complexity index is 424. The van der Waals surface area contributed by atoms with Crippen LogP contribution in [0.4, 0.5) is 0 Å². The Morgan fingerprint density at radius 2 is 1.68 bits per heavy atom. The zero-order valence-corrected chi connectivity index (χ0v) is 11.1. The van der Waals surface area contributed by atoms with E-state index >= 15 is 0 Å². The van der Waals surface area contributed by atoms with Crippen LogP contribution in [0.2, 0.25) is 0 Å². The number of nitrogens with zero attached hydrogens (tertiary/aromatic N) is 1. The lowest BCUT2D eigenvalue weighted by Crippen LogP contribution is -2.25. The molecule has 3 rings (SSSR count). The van der Waals surface area contributed by atoms with E-state index < -0.39 is 0 Å². The topological polar surface area (TPSA) is 33.7 Å². The molecule has 0 amide bonds. The van der Waals surface area contributed by atoms with Crippen LogP contribution in [0.5, 0.6) is 0 Å². The van der Waals surface area contributed by atoms with Crippen molar-refractivity contribution in [3.05, 3.63) is 47.0 Å². The highest BCUT2D eigenvalue weighted by molar-refractivity contribution is 5.25. The van der Waals surface area contributed by atoms with Gasteiger partial charge in [0.2, 0.25) is 0 Å². The van der Waals surface area contributed by atoms with E-state index in [0.29, 0.717) is 19.8 Å². The minimum absolute atomic E-state index is 0.584. The predicted octanol–water partition coefficient (Wildman–Crippen LogP) is 2.18. The van der Waals surface area contributed by atoms with Crippen LogP contribution >= 0.6 is 0 Å². The van der Waals surface area contributed by atoms with E-state index in [4.69, 9.17) is 9.68 Å². The van der Waals surface area contributed by atoms with Crippen LogP contribution in [0.3, 0.4) is 0 Å². The van der Waals surface area contributed by atoms with Crippen LogP contribution in [-0.4, -0.2) is 24.9 Å². The molecule has 0 aliphatic carbocycles. The predicted molar refractivity (Wildman–Crippen MR) is 72.9 cm³/mol. The maximum atomic E-state index is 5.67. The van der Waals surface area contributed by atoms with Crippen LogP contribution < -0.4 is 5.32 Å².